The van der Waals surface area contributed by atoms with Crippen molar-refractivity contribution in [2.45, 2.75) is 206 Å². The summed E-state index contributed by atoms with van der Waals surface area (Å²) in [6, 6.07) is 0. The molecule has 0 saturated heterocycles. The third kappa shape index (κ3) is 51.2. The number of allylic oxidation sites excluding steroid dienone is 2. The molecule has 0 bridgehead atoms. The van der Waals surface area contributed by atoms with E-state index in [0.717, 1.165) is 25.7 Å². The monoisotopic (exact) mass is 595 g/mol. The Morgan fingerprint density at radius 3 is 0.857 bits per heavy atom. The Kier molecular flexibility index (Phi) is 46.9. The molecule has 0 spiro atoms. The zero-order valence-electron chi connectivity index (χ0n) is 28.5. The molecule has 0 aromatic heterocycles. The molecule has 0 aromatic rings. The molecule has 0 amide bonds. The van der Waals surface area contributed by atoms with Gasteiger partial charge in [0.05, 0.1) is 0 Å². The van der Waals surface area contributed by atoms with Gasteiger partial charge in [-0.25, -0.2) is 0 Å². The number of rotatable bonds is 31. The van der Waals surface area contributed by atoms with Gasteiger partial charge in [0.1, 0.15) is 0 Å². The highest BCUT2D eigenvalue weighted by molar-refractivity contribution is 5.66. The average molecular weight is 595 g/mol. The number of carbonyl (C=O) groups is 2. The summed E-state index contributed by atoms with van der Waals surface area (Å²) in [6.07, 6.45) is 41.4. The average Bonchev–Trinajstić information content (AvgIpc) is 2.98. The molecule has 4 nitrogen and oxygen atoms in total. The van der Waals surface area contributed by atoms with E-state index < -0.39 is 11.9 Å². The maximum Gasteiger partial charge on any atom is 0.303 e. The van der Waals surface area contributed by atoms with Crippen molar-refractivity contribution in [3.8, 4) is 0 Å². The summed E-state index contributed by atoms with van der Waals surface area (Å²) in [7, 11) is 0. The molecule has 0 aliphatic heterocycles. The van der Waals surface area contributed by atoms with Gasteiger partial charge in [-0.1, -0.05) is 167 Å². The summed E-state index contributed by atoms with van der Waals surface area (Å²) in [5.41, 5.74) is 0. The lowest BCUT2D eigenvalue weighted by molar-refractivity contribution is -0.138. The van der Waals surface area contributed by atoms with Gasteiger partial charge in [0.25, 0.3) is 0 Å². The van der Waals surface area contributed by atoms with Crippen molar-refractivity contribution in [2.24, 2.45) is 0 Å². The quantitative estimate of drug-likeness (QED) is 0.0618. The van der Waals surface area contributed by atoms with Crippen molar-refractivity contribution in [1.82, 2.24) is 0 Å². The van der Waals surface area contributed by atoms with Crippen molar-refractivity contribution >= 4 is 11.9 Å². The molecule has 4 heteroatoms. The molecule has 0 radical (unpaired) electrons. The summed E-state index contributed by atoms with van der Waals surface area (Å²) in [6.45, 7) is 10.5. The molecule has 0 aromatic carbocycles. The minimum absolute atomic E-state index is 0.332. The van der Waals surface area contributed by atoms with E-state index in [4.69, 9.17) is 10.2 Å². The van der Waals surface area contributed by atoms with Gasteiger partial charge in [-0.15, -0.1) is 13.2 Å². The van der Waals surface area contributed by atoms with Gasteiger partial charge in [-0.3, -0.25) is 9.59 Å². The standard InChI is InChI=1S/C18H36O2.C18H34O2.C2H4/c2*1-2-3-4-5-6-7-8-9-10-11-12-13-14-15-16-17-18(19)20;1-2/h2-17H2,1H3,(H,19,20);9-10H,2-8,11-17H2,1H3,(H,19,20);1-2H2. The molecule has 2 N–H and O–H groups in total. The highest BCUT2D eigenvalue weighted by atomic mass is 16.4. The van der Waals surface area contributed by atoms with Crippen molar-refractivity contribution in [1.29, 1.82) is 0 Å². The smallest absolute Gasteiger partial charge is 0.303 e. The van der Waals surface area contributed by atoms with E-state index in [9.17, 15) is 9.59 Å². The van der Waals surface area contributed by atoms with Crippen LogP contribution < -0.4 is 0 Å². The van der Waals surface area contributed by atoms with Crippen LogP contribution in [-0.2, 0) is 9.59 Å². The maximum absolute atomic E-state index is 10.3. The van der Waals surface area contributed by atoms with Crippen LogP contribution in [0, 0.1) is 0 Å². The Morgan fingerprint density at radius 2 is 0.619 bits per heavy atom. The van der Waals surface area contributed by atoms with Crippen LogP contribution in [0.5, 0.6) is 0 Å². The van der Waals surface area contributed by atoms with Gasteiger partial charge in [-0.2, -0.15) is 0 Å². The largest absolute Gasteiger partial charge is 0.481 e. The lowest BCUT2D eigenvalue weighted by Gasteiger charge is -2.03. The van der Waals surface area contributed by atoms with Crippen molar-refractivity contribution < 1.29 is 19.8 Å². The van der Waals surface area contributed by atoms with Gasteiger partial charge < -0.3 is 10.2 Å². The summed E-state index contributed by atoms with van der Waals surface area (Å²) in [4.78, 5) is 20.7. The number of carboxylic acids is 2. The summed E-state index contributed by atoms with van der Waals surface area (Å²) in [5.74, 6) is -1.32. The molecule has 0 aliphatic carbocycles. The minimum Gasteiger partial charge on any atom is -0.481 e. The second kappa shape index (κ2) is 43.9. The first-order valence-corrected chi connectivity index (χ1v) is 18.1. The van der Waals surface area contributed by atoms with E-state index in [2.05, 4.69) is 39.2 Å². The highest BCUT2D eigenvalue weighted by Crippen LogP contribution is 2.14. The lowest BCUT2D eigenvalue weighted by Crippen LogP contribution is -1.93. The van der Waals surface area contributed by atoms with Crippen molar-refractivity contribution in [3.63, 3.8) is 0 Å². The first-order valence-electron chi connectivity index (χ1n) is 18.1. The van der Waals surface area contributed by atoms with Gasteiger partial charge in [0, 0.05) is 12.8 Å². The van der Waals surface area contributed by atoms with Crippen LogP contribution in [0.25, 0.3) is 0 Å². The molecule has 42 heavy (non-hydrogen) atoms. The number of aliphatic carboxylic acids is 2. The van der Waals surface area contributed by atoms with Crippen LogP contribution in [0.3, 0.4) is 0 Å². The van der Waals surface area contributed by atoms with Crippen LogP contribution in [0.1, 0.15) is 206 Å². The normalized spacial score (nSPS) is 10.6. The molecular weight excluding hydrogens is 520 g/mol. The molecule has 0 heterocycles. The van der Waals surface area contributed by atoms with E-state index in [1.54, 1.807) is 0 Å². The maximum atomic E-state index is 10.3. The molecule has 0 atom stereocenters. The van der Waals surface area contributed by atoms with Crippen LogP contribution in [0.15, 0.2) is 25.3 Å². The second-order valence-corrected chi connectivity index (χ2v) is 11.8. The first kappa shape index (κ1) is 44.9. The SMILES string of the molecule is C=C.CCCCCCCCC=CCCCCCCCC(=O)O.CCCCCCCCCCCCCCCCCC(=O)O. The molecule has 0 saturated carbocycles. The zero-order chi connectivity index (χ0) is 31.8. The topological polar surface area (TPSA) is 74.6 Å². The Balaban J connectivity index is -0.000000683. The Morgan fingerprint density at radius 1 is 0.405 bits per heavy atom. The first-order chi connectivity index (χ1) is 20.5. The van der Waals surface area contributed by atoms with Gasteiger partial charge in [0.2, 0.25) is 0 Å². The predicted octanol–water partition coefficient (Wildman–Crippen LogP) is 13.2. The fourth-order valence-electron chi connectivity index (χ4n) is 4.99. The Labute approximate surface area is 263 Å². The third-order valence-electron chi connectivity index (χ3n) is 7.65. The number of carboxylic acid groups (broad SMARTS) is 2. The van der Waals surface area contributed by atoms with Crippen LogP contribution >= 0.6 is 0 Å². The van der Waals surface area contributed by atoms with Gasteiger partial charge in [-0.05, 0) is 38.5 Å². The van der Waals surface area contributed by atoms with E-state index in [0.29, 0.717) is 12.8 Å². The molecule has 0 aliphatic rings. The fourth-order valence-corrected chi connectivity index (χ4v) is 4.99. The summed E-state index contributed by atoms with van der Waals surface area (Å²) >= 11 is 0. The number of hydrogen-bond donors (Lipinski definition) is 2. The lowest BCUT2D eigenvalue weighted by atomic mass is 10.0. The van der Waals surface area contributed by atoms with Gasteiger partial charge in [0.15, 0.2) is 0 Å². The van der Waals surface area contributed by atoms with E-state index in [1.165, 1.54) is 154 Å². The molecule has 0 rings (SSSR count). The molecular formula is C38H74O4. The van der Waals surface area contributed by atoms with Gasteiger partial charge >= 0.3 is 11.9 Å². The van der Waals surface area contributed by atoms with E-state index >= 15 is 0 Å². The molecule has 0 unspecified atom stereocenters. The van der Waals surface area contributed by atoms with Crippen molar-refractivity contribution in [2.75, 3.05) is 0 Å². The minimum atomic E-state index is -0.664. The molecule has 0 fully saturated rings. The van der Waals surface area contributed by atoms with E-state index in [-0.39, 0.29) is 0 Å². The zero-order valence-corrected chi connectivity index (χ0v) is 28.5. The third-order valence-corrected chi connectivity index (χ3v) is 7.65. The van der Waals surface area contributed by atoms with Crippen LogP contribution in [0.2, 0.25) is 0 Å². The summed E-state index contributed by atoms with van der Waals surface area (Å²) < 4.78 is 0. The van der Waals surface area contributed by atoms with Crippen LogP contribution in [-0.4, -0.2) is 22.2 Å². The summed E-state index contributed by atoms with van der Waals surface area (Å²) in [5, 5.41) is 17.0. The second-order valence-electron chi connectivity index (χ2n) is 11.8. The number of unbranched alkanes of at least 4 members (excludes halogenated alkanes) is 25. The highest BCUT2D eigenvalue weighted by Gasteiger charge is 1.98. The number of hydrogen-bond acceptors (Lipinski definition) is 2. The van der Waals surface area contributed by atoms with Crippen molar-refractivity contribution in [3.05, 3.63) is 25.3 Å². The Hall–Kier alpha value is -1.58. The van der Waals surface area contributed by atoms with Crippen LogP contribution in [0.4, 0.5) is 0 Å². The Bertz CT molecular complexity index is 543. The molecule has 250 valence electrons. The fraction of sp³-hybridized carbons (Fsp3) is 0.842. The predicted molar refractivity (Wildman–Crippen MR) is 186 cm³/mol. The van der Waals surface area contributed by atoms with E-state index in [1.807, 2.05) is 0 Å².